The Labute approximate surface area is 67.7 Å². The maximum Gasteiger partial charge on any atom is 0.0855 e. The smallest absolute Gasteiger partial charge is 0.0855 e. The Balaban J connectivity index is 1.93. The number of fused-ring (bicyclic) bond motifs is 1. The second-order valence-electron chi connectivity index (χ2n) is 3.52. The quantitative estimate of drug-likeness (QED) is 0.520. The number of ether oxygens (including phenoxy) is 1. The maximum atomic E-state index is 5.65. The molecule has 0 saturated carbocycles. The Morgan fingerprint density at radius 2 is 2.45 bits per heavy atom. The van der Waals surface area contributed by atoms with Gasteiger partial charge in [-0.2, -0.15) is 0 Å². The number of likely N-dealkylation sites (tertiary alicyclic amines) is 1. The third kappa shape index (κ3) is 1.55. The largest absolute Gasteiger partial charge is 0.374 e. The number of nitrogens with zero attached hydrogens (tertiary/aromatic N) is 1. The van der Waals surface area contributed by atoms with Gasteiger partial charge in [0, 0.05) is 19.1 Å². The van der Waals surface area contributed by atoms with Crippen molar-refractivity contribution in [3.8, 4) is 0 Å². The van der Waals surface area contributed by atoms with E-state index in [2.05, 4.69) is 17.3 Å². The van der Waals surface area contributed by atoms with E-state index in [-0.39, 0.29) is 0 Å². The van der Waals surface area contributed by atoms with Crippen molar-refractivity contribution in [2.75, 3.05) is 33.3 Å². The average molecular weight is 156 g/mol. The lowest BCUT2D eigenvalue weighted by molar-refractivity contribution is -0.0417. The van der Waals surface area contributed by atoms with Gasteiger partial charge in [-0.05, 0) is 20.0 Å². The predicted octanol–water partition coefficient (Wildman–Crippen LogP) is -0.321. The molecule has 2 atom stereocenters. The fourth-order valence-electron chi connectivity index (χ4n) is 1.93. The summed E-state index contributed by atoms with van der Waals surface area (Å²) in [6.07, 6.45) is 1.68. The molecule has 2 heterocycles. The first kappa shape index (κ1) is 7.53. The highest BCUT2D eigenvalue weighted by Crippen LogP contribution is 2.14. The molecule has 1 N–H and O–H groups in total. The molecule has 0 spiro atoms. The lowest BCUT2D eigenvalue weighted by Gasteiger charge is -2.40. The van der Waals surface area contributed by atoms with Crippen LogP contribution in [0.15, 0.2) is 0 Å². The monoisotopic (exact) mass is 156 g/mol. The molecule has 0 aliphatic carbocycles. The Kier molecular flexibility index (Phi) is 2.11. The molecule has 0 aromatic rings. The van der Waals surface area contributed by atoms with E-state index in [0.29, 0.717) is 12.1 Å². The Morgan fingerprint density at radius 3 is 3.36 bits per heavy atom. The van der Waals surface area contributed by atoms with Crippen molar-refractivity contribution in [3.63, 3.8) is 0 Å². The van der Waals surface area contributed by atoms with Crippen molar-refractivity contribution in [2.24, 2.45) is 0 Å². The maximum absolute atomic E-state index is 5.65. The number of hydrogen-bond acceptors (Lipinski definition) is 3. The highest BCUT2D eigenvalue weighted by atomic mass is 16.5. The number of nitrogens with one attached hydrogen (secondary N) is 1. The van der Waals surface area contributed by atoms with Gasteiger partial charge in [-0.15, -0.1) is 0 Å². The fraction of sp³-hybridized carbons (Fsp3) is 1.00. The first-order valence-corrected chi connectivity index (χ1v) is 4.40. The second-order valence-corrected chi connectivity index (χ2v) is 3.52. The van der Waals surface area contributed by atoms with Gasteiger partial charge in [0.15, 0.2) is 0 Å². The minimum absolute atomic E-state index is 0.447. The zero-order valence-corrected chi connectivity index (χ0v) is 7.05. The van der Waals surface area contributed by atoms with Crippen LogP contribution < -0.4 is 5.32 Å². The van der Waals surface area contributed by atoms with Gasteiger partial charge in [0.05, 0.1) is 12.7 Å². The van der Waals surface area contributed by atoms with E-state index in [4.69, 9.17) is 4.74 Å². The van der Waals surface area contributed by atoms with Gasteiger partial charge in [0.25, 0.3) is 0 Å². The average Bonchev–Trinajstić information content (AvgIpc) is 2.04. The SMILES string of the molecule is CN1CC[C@@H]2NCCO[C@H]2C1. The highest BCUT2D eigenvalue weighted by molar-refractivity contribution is 4.87. The number of morpholine rings is 1. The standard InChI is InChI=1S/C8H16N2O/c1-10-4-2-7-8(6-10)11-5-3-9-7/h7-9H,2-6H2,1H3/t7-,8-/m0/s1. The molecule has 11 heavy (non-hydrogen) atoms. The van der Waals surface area contributed by atoms with Gasteiger partial charge in [-0.1, -0.05) is 0 Å². The second kappa shape index (κ2) is 3.09. The van der Waals surface area contributed by atoms with E-state index in [1.807, 2.05) is 0 Å². The third-order valence-corrected chi connectivity index (χ3v) is 2.60. The zero-order chi connectivity index (χ0) is 7.68. The summed E-state index contributed by atoms with van der Waals surface area (Å²) < 4.78 is 5.65. The molecule has 64 valence electrons. The summed E-state index contributed by atoms with van der Waals surface area (Å²) in [7, 11) is 2.16. The van der Waals surface area contributed by atoms with Crippen LogP contribution in [-0.2, 0) is 4.74 Å². The minimum Gasteiger partial charge on any atom is -0.374 e. The van der Waals surface area contributed by atoms with Crippen LogP contribution in [0, 0.1) is 0 Å². The van der Waals surface area contributed by atoms with Crippen molar-refractivity contribution < 1.29 is 4.74 Å². The summed E-state index contributed by atoms with van der Waals surface area (Å²) in [6.45, 7) is 4.22. The van der Waals surface area contributed by atoms with Gasteiger partial charge in [0.2, 0.25) is 0 Å². The number of rotatable bonds is 0. The molecular formula is C8H16N2O. The molecule has 0 aromatic heterocycles. The number of piperidine rings is 1. The van der Waals surface area contributed by atoms with Crippen LogP contribution >= 0.6 is 0 Å². The van der Waals surface area contributed by atoms with E-state index < -0.39 is 0 Å². The van der Waals surface area contributed by atoms with Crippen molar-refractivity contribution in [1.82, 2.24) is 10.2 Å². The third-order valence-electron chi connectivity index (χ3n) is 2.60. The molecule has 0 aromatic carbocycles. The Hall–Kier alpha value is -0.120. The summed E-state index contributed by atoms with van der Waals surface area (Å²) in [5.74, 6) is 0. The number of likely N-dealkylation sites (N-methyl/N-ethyl adjacent to an activating group) is 1. The normalized spacial score (nSPS) is 40.1. The molecule has 2 aliphatic rings. The van der Waals surface area contributed by atoms with E-state index in [1.54, 1.807) is 0 Å². The van der Waals surface area contributed by atoms with Crippen LogP contribution in [0.2, 0.25) is 0 Å². The summed E-state index contributed by atoms with van der Waals surface area (Å²) in [4.78, 5) is 2.34. The molecular weight excluding hydrogens is 140 g/mol. The van der Waals surface area contributed by atoms with Crippen LogP contribution in [0.1, 0.15) is 6.42 Å². The molecule has 2 rings (SSSR count). The molecule has 3 heteroatoms. The summed E-state index contributed by atoms with van der Waals surface area (Å²) >= 11 is 0. The highest BCUT2D eigenvalue weighted by Gasteiger charge is 2.30. The summed E-state index contributed by atoms with van der Waals surface area (Å²) in [6, 6.07) is 0.625. The molecule has 0 bridgehead atoms. The lowest BCUT2D eigenvalue weighted by atomic mass is 10.0. The lowest BCUT2D eigenvalue weighted by Crippen LogP contribution is -2.56. The topological polar surface area (TPSA) is 24.5 Å². The van der Waals surface area contributed by atoms with Crippen LogP contribution in [0.25, 0.3) is 0 Å². The van der Waals surface area contributed by atoms with E-state index >= 15 is 0 Å². The van der Waals surface area contributed by atoms with Gasteiger partial charge in [0.1, 0.15) is 0 Å². The van der Waals surface area contributed by atoms with Gasteiger partial charge < -0.3 is 15.0 Å². The molecule has 2 saturated heterocycles. The summed E-state index contributed by atoms with van der Waals surface area (Å²) in [5, 5.41) is 3.49. The van der Waals surface area contributed by atoms with Gasteiger partial charge in [-0.25, -0.2) is 0 Å². The molecule has 3 nitrogen and oxygen atoms in total. The zero-order valence-electron chi connectivity index (χ0n) is 7.05. The molecule has 0 radical (unpaired) electrons. The van der Waals surface area contributed by atoms with Gasteiger partial charge in [-0.3, -0.25) is 0 Å². The predicted molar refractivity (Wildman–Crippen MR) is 43.6 cm³/mol. The van der Waals surface area contributed by atoms with Crippen LogP contribution in [0.3, 0.4) is 0 Å². The summed E-state index contributed by atoms with van der Waals surface area (Å²) in [5.41, 5.74) is 0. The Bertz CT molecular complexity index is 140. The molecule has 0 amide bonds. The van der Waals surface area contributed by atoms with Crippen molar-refractivity contribution in [3.05, 3.63) is 0 Å². The molecule has 2 aliphatic heterocycles. The first-order chi connectivity index (χ1) is 5.36. The van der Waals surface area contributed by atoms with Crippen LogP contribution in [0.4, 0.5) is 0 Å². The van der Waals surface area contributed by atoms with E-state index in [0.717, 1.165) is 19.7 Å². The van der Waals surface area contributed by atoms with Gasteiger partial charge >= 0.3 is 0 Å². The van der Waals surface area contributed by atoms with Crippen molar-refractivity contribution >= 4 is 0 Å². The number of hydrogen-bond donors (Lipinski definition) is 1. The first-order valence-electron chi connectivity index (χ1n) is 4.40. The minimum atomic E-state index is 0.447. The fourth-order valence-corrected chi connectivity index (χ4v) is 1.93. The molecule has 0 unspecified atom stereocenters. The molecule has 2 fully saturated rings. The van der Waals surface area contributed by atoms with Crippen molar-refractivity contribution in [2.45, 2.75) is 18.6 Å². The van der Waals surface area contributed by atoms with Crippen molar-refractivity contribution in [1.29, 1.82) is 0 Å². The van der Waals surface area contributed by atoms with Crippen LogP contribution in [-0.4, -0.2) is 50.3 Å². The van der Waals surface area contributed by atoms with E-state index in [9.17, 15) is 0 Å². The van der Waals surface area contributed by atoms with E-state index in [1.165, 1.54) is 13.0 Å². The Morgan fingerprint density at radius 1 is 1.55 bits per heavy atom. The van der Waals surface area contributed by atoms with Crippen LogP contribution in [0.5, 0.6) is 0 Å².